The van der Waals surface area contributed by atoms with Gasteiger partial charge in [-0.15, -0.1) is 0 Å². The van der Waals surface area contributed by atoms with Crippen molar-refractivity contribution in [1.82, 2.24) is 20.2 Å². The van der Waals surface area contributed by atoms with Crippen LogP contribution in [-0.2, 0) is 11.2 Å². The van der Waals surface area contributed by atoms with E-state index in [1.165, 1.54) is 5.69 Å². The fourth-order valence-electron chi connectivity index (χ4n) is 3.63. The van der Waals surface area contributed by atoms with E-state index < -0.39 is 0 Å². The van der Waals surface area contributed by atoms with Crippen molar-refractivity contribution in [2.45, 2.75) is 32.1 Å². The van der Waals surface area contributed by atoms with Crippen LogP contribution in [0.3, 0.4) is 0 Å². The monoisotopic (exact) mass is 342 g/mol. The summed E-state index contributed by atoms with van der Waals surface area (Å²) in [6, 6.07) is 4.25. The number of H-pyrrole nitrogens is 1. The third-order valence-electron chi connectivity index (χ3n) is 5.19. The number of aromatic nitrogens is 4. The van der Waals surface area contributed by atoms with E-state index in [9.17, 15) is 0 Å². The lowest BCUT2D eigenvalue weighted by Gasteiger charge is -2.33. The van der Waals surface area contributed by atoms with Crippen molar-refractivity contribution < 1.29 is 4.74 Å². The summed E-state index contributed by atoms with van der Waals surface area (Å²) in [4.78, 5) is 14.3. The second-order valence-electron chi connectivity index (χ2n) is 6.74. The van der Waals surface area contributed by atoms with Gasteiger partial charge in [0.1, 0.15) is 5.82 Å². The lowest BCUT2D eigenvalue weighted by atomic mass is 9.94. The molecule has 2 fully saturated rings. The second-order valence-corrected chi connectivity index (χ2v) is 6.74. The van der Waals surface area contributed by atoms with E-state index in [2.05, 4.69) is 39.1 Å². The molecule has 0 aromatic carbocycles. The molecule has 25 heavy (non-hydrogen) atoms. The highest BCUT2D eigenvalue weighted by Gasteiger charge is 2.24. The SMILES string of the molecule is CCc1cc(N2CCC(c3ccn[nH]3)CC2)nc(N2CCOCC2)n1. The van der Waals surface area contributed by atoms with Crippen LogP contribution in [0.2, 0.25) is 0 Å². The van der Waals surface area contributed by atoms with Gasteiger partial charge in [-0.1, -0.05) is 6.92 Å². The zero-order valence-electron chi connectivity index (χ0n) is 14.8. The first kappa shape index (κ1) is 16.3. The summed E-state index contributed by atoms with van der Waals surface area (Å²) < 4.78 is 5.46. The van der Waals surface area contributed by atoms with Crippen molar-refractivity contribution in [1.29, 1.82) is 0 Å². The minimum Gasteiger partial charge on any atom is -0.378 e. The summed E-state index contributed by atoms with van der Waals surface area (Å²) in [5.74, 6) is 2.50. The van der Waals surface area contributed by atoms with Crippen LogP contribution in [-0.4, -0.2) is 59.6 Å². The Morgan fingerprint density at radius 1 is 1.12 bits per heavy atom. The lowest BCUT2D eigenvalue weighted by Crippen LogP contribution is -2.38. The standard InChI is InChI=1S/C18H26N6O/c1-2-15-13-17(21-18(20-15)24-9-11-25-12-10-24)23-7-4-14(5-8-23)16-3-6-19-22-16/h3,6,13-14H,2,4-5,7-12H2,1H3,(H,19,22). The third kappa shape index (κ3) is 3.61. The highest BCUT2D eigenvalue weighted by Crippen LogP contribution is 2.29. The summed E-state index contributed by atoms with van der Waals surface area (Å²) in [6.45, 7) is 7.44. The van der Waals surface area contributed by atoms with Gasteiger partial charge in [-0.25, -0.2) is 4.98 Å². The maximum atomic E-state index is 5.46. The number of hydrogen-bond donors (Lipinski definition) is 1. The van der Waals surface area contributed by atoms with Crippen molar-refractivity contribution in [2.75, 3.05) is 49.2 Å². The third-order valence-corrected chi connectivity index (χ3v) is 5.19. The Hall–Kier alpha value is -2.15. The van der Waals surface area contributed by atoms with Crippen LogP contribution in [0.25, 0.3) is 0 Å². The molecule has 2 aromatic heterocycles. The molecule has 0 saturated carbocycles. The first-order valence-corrected chi connectivity index (χ1v) is 9.28. The molecule has 0 radical (unpaired) electrons. The summed E-state index contributed by atoms with van der Waals surface area (Å²) in [5, 5.41) is 7.20. The zero-order chi connectivity index (χ0) is 17.1. The van der Waals surface area contributed by atoms with Crippen molar-refractivity contribution in [3.05, 3.63) is 29.7 Å². The number of nitrogens with one attached hydrogen (secondary N) is 1. The quantitative estimate of drug-likeness (QED) is 0.916. The summed E-state index contributed by atoms with van der Waals surface area (Å²) in [6.07, 6.45) is 5.02. The van der Waals surface area contributed by atoms with E-state index in [-0.39, 0.29) is 0 Å². The molecule has 0 atom stereocenters. The molecule has 2 aliphatic heterocycles. The number of morpholine rings is 1. The molecule has 0 bridgehead atoms. The number of rotatable bonds is 4. The number of piperidine rings is 1. The van der Waals surface area contributed by atoms with Crippen LogP contribution in [0.15, 0.2) is 18.3 Å². The first-order valence-electron chi connectivity index (χ1n) is 9.28. The van der Waals surface area contributed by atoms with Crippen LogP contribution >= 0.6 is 0 Å². The van der Waals surface area contributed by atoms with Crippen LogP contribution in [0, 0.1) is 0 Å². The van der Waals surface area contributed by atoms with Gasteiger partial charge in [0.2, 0.25) is 5.95 Å². The molecule has 2 aromatic rings. The fraction of sp³-hybridized carbons (Fsp3) is 0.611. The van der Waals surface area contributed by atoms with Crippen LogP contribution in [0.4, 0.5) is 11.8 Å². The average Bonchev–Trinajstić information content (AvgIpc) is 3.23. The van der Waals surface area contributed by atoms with E-state index >= 15 is 0 Å². The predicted octanol–water partition coefficient (Wildman–Crippen LogP) is 1.98. The average molecular weight is 342 g/mol. The lowest BCUT2D eigenvalue weighted by molar-refractivity contribution is 0.122. The van der Waals surface area contributed by atoms with E-state index in [1.54, 1.807) is 0 Å². The zero-order valence-corrected chi connectivity index (χ0v) is 14.8. The highest BCUT2D eigenvalue weighted by atomic mass is 16.5. The van der Waals surface area contributed by atoms with Gasteiger partial charge in [-0.05, 0) is 25.3 Å². The van der Waals surface area contributed by atoms with Crippen molar-refractivity contribution in [2.24, 2.45) is 0 Å². The van der Waals surface area contributed by atoms with E-state index in [0.717, 1.165) is 76.1 Å². The molecule has 2 aliphatic rings. The Kier molecular flexibility index (Phi) is 4.83. The van der Waals surface area contributed by atoms with Crippen LogP contribution < -0.4 is 9.80 Å². The molecule has 0 spiro atoms. The maximum Gasteiger partial charge on any atom is 0.227 e. The molecule has 4 heterocycles. The summed E-state index contributed by atoms with van der Waals surface area (Å²) >= 11 is 0. The number of anilines is 2. The topological polar surface area (TPSA) is 70.2 Å². The summed E-state index contributed by atoms with van der Waals surface area (Å²) in [7, 11) is 0. The smallest absolute Gasteiger partial charge is 0.227 e. The molecule has 2 saturated heterocycles. The second kappa shape index (κ2) is 7.39. The molecular formula is C18H26N6O. The number of nitrogens with zero attached hydrogens (tertiary/aromatic N) is 5. The molecule has 0 aliphatic carbocycles. The normalized spacial score (nSPS) is 19.4. The Morgan fingerprint density at radius 2 is 1.92 bits per heavy atom. The van der Waals surface area contributed by atoms with Gasteiger partial charge >= 0.3 is 0 Å². The van der Waals surface area contributed by atoms with Gasteiger partial charge in [0.05, 0.1) is 13.2 Å². The molecule has 0 amide bonds. The highest BCUT2D eigenvalue weighted by molar-refractivity contribution is 5.47. The number of ether oxygens (including phenoxy) is 1. The van der Waals surface area contributed by atoms with E-state index in [0.29, 0.717) is 5.92 Å². The predicted molar refractivity (Wildman–Crippen MR) is 97.2 cm³/mol. The largest absolute Gasteiger partial charge is 0.378 e. The molecule has 1 N–H and O–H groups in total. The van der Waals surface area contributed by atoms with Crippen LogP contribution in [0.5, 0.6) is 0 Å². The maximum absolute atomic E-state index is 5.46. The molecule has 134 valence electrons. The summed E-state index contributed by atoms with van der Waals surface area (Å²) in [5.41, 5.74) is 2.37. The molecule has 7 heteroatoms. The van der Waals surface area contributed by atoms with E-state index in [1.807, 2.05) is 6.20 Å². The van der Waals surface area contributed by atoms with Gasteiger partial charge in [-0.3, -0.25) is 5.10 Å². The van der Waals surface area contributed by atoms with Gasteiger partial charge in [-0.2, -0.15) is 10.1 Å². The first-order chi connectivity index (χ1) is 12.3. The number of aryl methyl sites for hydroxylation is 1. The molecular weight excluding hydrogens is 316 g/mol. The van der Waals surface area contributed by atoms with Crippen LogP contribution in [0.1, 0.15) is 37.1 Å². The molecule has 0 unspecified atom stereocenters. The Morgan fingerprint density at radius 3 is 2.60 bits per heavy atom. The Balaban J connectivity index is 1.49. The number of hydrogen-bond acceptors (Lipinski definition) is 6. The molecule has 7 nitrogen and oxygen atoms in total. The number of aromatic amines is 1. The molecule has 4 rings (SSSR count). The minimum atomic E-state index is 0.574. The van der Waals surface area contributed by atoms with Crippen molar-refractivity contribution >= 4 is 11.8 Å². The Bertz CT molecular complexity index is 675. The van der Waals surface area contributed by atoms with Gasteiger partial charge in [0.25, 0.3) is 0 Å². The minimum absolute atomic E-state index is 0.574. The van der Waals surface area contributed by atoms with Gasteiger partial charge < -0.3 is 14.5 Å². The van der Waals surface area contributed by atoms with E-state index in [4.69, 9.17) is 14.7 Å². The van der Waals surface area contributed by atoms with Gasteiger partial charge in [0.15, 0.2) is 0 Å². The Labute approximate surface area is 148 Å². The fourth-order valence-corrected chi connectivity index (χ4v) is 3.63. The van der Waals surface area contributed by atoms with Gasteiger partial charge in [0, 0.05) is 55.7 Å². The van der Waals surface area contributed by atoms with Crippen molar-refractivity contribution in [3.63, 3.8) is 0 Å². The van der Waals surface area contributed by atoms with Crippen molar-refractivity contribution in [3.8, 4) is 0 Å².